The molecule has 0 heterocycles. The topological polar surface area (TPSA) is 26.3 Å². The fourth-order valence-electron chi connectivity index (χ4n) is 2.16. The third kappa shape index (κ3) is 20.9. The molecule has 3 heteroatoms. The van der Waals surface area contributed by atoms with E-state index in [4.69, 9.17) is 4.74 Å². The summed E-state index contributed by atoms with van der Waals surface area (Å²) in [6, 6.07) is 0. The minimum Gasteiger partial charge on any atom is -1.00 e. The van der Waals surface area contributed by atoms with Crippen LogP contribution in [0.2, 0.25) is 0 Å². The summed E-state index contributed by atoms with van der Waals surface area (Å²) in [4.78, 5) is 10.5. The number of unbranched alkanes of at least 4 members (excludes halogenated alkanes) is 11. The molecule has 0 radical (unpaired) electrons. The Morgan fingerprint density at radius 1 is 0.789 bits per heavy atom. The Hall–Kier alpha value is 0.470. The standard InChI is InChI=1S/C16H32O2.Na.H/c1-3-4-5-6-7-8-9-10-11-12-13-14-15-18-16(2)17;;/h3-15H2,1-2H3;;/q;+1;-1. The molecule has 0 rings (SSSR count). The summed E-state index contributed by atoms with van der Waals surface area (Å²) in [6.45, 7) is 4.34. The molecule has 0 bridgehead atoms. The molecule has 0 aliphatic carbocycles. The Labute approximate surface area is 143 Å². The average molecular weight is 280 g/mol. The molecule has 19 heavy (non-hydrogen) atoms. The molecule has 0 fully saturated rings. The Morgan fingerprint density at radius 2 is 1.16 bits per heavy atom. The maximum atomic E-state index is 10.5. The zero-order valence-corrected chi connectivity index (χ0v) is 15.5. The van der Waals surface area contributed by atoms with Gasteiger partial charge in [0.25, 0.3) is 0 Å². The van der Waals surface area contributed by atoms with Gasteiger partial charge in [-0.3, -0.25) is 4.79 Å². The molecule has 0 saturated carbocycles. The number of ether oxygens (including phenoxy) is 1. The van der Waals surface area contributed by atoms with Crippen molar-refractivity contribution in [1.29, 1.82) is 0 Å². The summed E-state index contributed by atoms with van der Waals surface area (Å²) in [5.41, 5.74) is 0. The molecular formula is C16H33NaO2. The van der Waals surface area contributed by atoms with E-state index < -0.39 is 0 Å². The normalized spacial score (nSPS) is 10.0. The fraction of sp³-hybridized carbons (Fsp3) is 0.938. The van der Waals surface area contributed by atoms with Gasteiger partial charge in [0.05, 0.1) is 6.61 Å². The first-order valence-electron chi connectivity index (χ1n) is 7.90. The molecule has 0 amide bonds. The summed E-state index contributed by atoms with van der Waals surface area (Å²) in [6.07, 6.45) is 16.1. The molecule has 0 aliphatic heterocycles. The first-order chi connectivity index (χ1) is 8.77. The van der Waals surface area contributed by atoms with E-state index >= 15 is 0 Å². The number of esters is 1. The van der Waals surface area contributed by atoms with Crippen LogP contribution in [0.3, 0.4) is 0 Å². The van der Waals surface area contributed by atoms with Gasteiger partial charge in [-0.2, -0.15) is 0 Å². The van der Waals surface area contributed by atoms with Gasteiger partial charge in [0.15, 0.2) is 0 Å². The van der Waals surface area contributed by atoms with Gasteiger partial charge in [-0.1, -0.05) is 77.6 Å². The zero-order chi connectivity index (χ0) is 13.5. The van der Waals surface area contributed by atoms with Crippen LogP contribution in [0.5, 0.6) is 0 Å². The van der Waals surface area contributed by atoms with Crippen molar-refractivity contribution >= 4 is 5.97 Å². The summed E-state index contributed by atoms with van der Waals surface area (Å²) in [5, 5.41) is 0. The van der Waals surface area contributed by atoms with Crippen LogP contribution in [-0.2, 0) is 9.53 Å². The summed E-state index contributed by atoms with van der Waals surface area (Å²) >= 11 is 0. The second-order valence-corrected chi connectivity index (χ2v) is 5.23. The average Bonchev–Trinajstić information content (AvgIpc) is 2.34. The molecule has 0 atom stereocenters. The SMILES string of the molecule is CCCCCCCCCCCCCCOC(C)=O.[H-].[Na+]. The van der Waals surface area contributed by atoms with Crippen LogP contribution >= 0.6 is 0 Å². The predicted octanol–water partition coefficient (Wildman–Crippen LogP) is 2.37. The van der Waals surface area contributed by atoms with Crippen LogP contribution < -0.4 is 29.6 Å². The third-order valence-electron chi connectivity index (χ3n) is 3.30. The van der Waals surface area contributed by atoms with Crippen molar-refractivity contribution in [3.63, 3.8) is 0 Å². The van der Waals surface area contributed by atoms with Crippen molar-refractivity contribution < 1.29 is 40.5 Å². The molecule has 2 nitrogen and oxygen atoms in total. The van der Waals surface area contributed by atoms with E-state index in [0.29, 0.717) is 6.61 Å². The van der Waals surface area contributed by atoms with Gasteiger partial charge < -0.3 is 6.16 Å². The second kappa shape index (κ2) is 18.5. The number of hydrogen-bond acceptors (Lipinski definition) is 2. The van der Waals surface area contributed by atoms with Gasteiger partial charge in [0, 0.05) is 6.92 Å². The van der Waals surface area contributed by atoms with Gasteiger partial charge >= 0.3 is 35.5 Å². The molecule has 110 valence electrons. The van der Waals surface area contributed by atoms with Crippen molar-refractivity contribution in [2.75, 3.05) is 6.61 Å². The molecule has 0 N–H and O–H groups in total. The van der Waals surface area contributed by atoms with Crippen molar-refractivity contribution in [2.24, 2.45) is 0 Å². The molecule has 0 spiro atoms. The Bertz CT molecular complexity index is 189. The van der Waals surface area contributed by atoms with Gasteiger partial charge in [0.1, 0.15) is 0 Å². The van der Waals surface area contributed by atoms with Gasteiger partial charge in [-0.25, -0.2) is 0 Å². The van der Waals surface area contributed by atoms with Gasteiger partial charge in [-0.05, 0) is 6.42 Å². The van der Waals surface area contributed by atoms with E-state index in [0.717, 1.165) is 6.42 Å². The van der Waals surface area contributed by atoms with E-state index in [2.05, 4.69) is 6.92 Å². The van der Waals surface area contributed by atoms with Crippen LogP contribution in [0.15, 0.2) is 0 Å². The Kier molecular flexibility index (Phi) is 21.2. The first-order valence-corrected chi connectivity index (χ1v) is 7.90. The molecule has 0 aromatic rings. The molecule has 0 aromatic carbocycles. The molecule has 0 saturated heterocycles. The van der Waals surface area contributed by atoms with Crippen molar-refractivity contribution in [3.05, 3.63) is 0 Å². The fourth-order valence-corrected chi connectivity index (χ4v) is 2.16. The molecule has 0 aliphatic rings. The maximum Gasteiger partial charge on any atom is 1.00 e. The van der Waals surface area contributed by atoms with Crippen molar-refractivity contribution in [3.8, 4) is 0 Å². The number of carbonyl (C=O) groups is 1. The quantitative estimate of drug-likeness (QED) is 0.294. The minimum absolute atomic E-state index is 0. The van der Waals surface area contributed by atoms with Crippen LogP contribution in [0.1, 0.15) is 92.3 Å². The first kappa shape index (κ1) is 21.8. The van der Waals surface area contributed by atoms with Gasteiger partial charge in [-0.15, -0.1) is 0 Å². The van der Waals surface area contributed by atoms with Crippen LogP contribution in [0.4, 0.5) is 0 Å². The maximum absolute atomic E-state index is 10.5. The van der Waals surface area contributed by atoms with E-state index in [9.17, 15) is 4.79 Å². The Balaban J connectivity index is -0.00000144. The number of rotatable bonds is 13. The summed E-state index contributed by atoms with van der Waals surface area (Å²) in [5.74, 6) is -0.155. The molecule has 0 aromatic heterocycles. The summed E-state index contributed by atoms with van der Waals surface area (Å²) in [7, 11) is 0. The van der Waals surface area contributed by atoms with E-state index in [1.54, 1.807) is 0 Å². The second-order valence-electron chi connectivity index (χ2n) is 5.23. The monoisotopic (exact) mass is 280 g/mol. The smallest absolute Gasteiger partial charge is 1.00 e. The van der Waals surface area contributed by atoms with Crippen molar-refractivity contribution in [1.82, 2.24) is 0 Å². The van der Waals surface area contributed by atoms with E-state index in [1.165, 1.54) is 77.6 Å². The third-order valence-corrected chi connectivity index (χ3v) is 3.30. The number of carbonyl (C=O) groups excluding carboxylic acids is 1. The van der Waals surface area contributed by atoms with E-state index in [-0.39, 0.29) is 37.0 Å². The molecular weight excluding hydrogens is 247 g/mol. The van der Waals surface area contributed by atoms with Crippen LogP contribution in [-0.4, -0.2) is 12.6 Å². The molecule has 0 unspecified atom stereocenters. The number of hydrogen-bond donors (Lipinski definition) is 0. The predicted molar refractivity (Wildman–Crippen MR) is 78.8 cm³/mol. The minimum atomic E-state index is -0.155. The summed E-state index contributed by atoms with van der Waals surface area (Å²) < 4.78 is 4.89. The van der Waals surface area contributed by atoms with E-state index in [1.807, 2.05) is 0 Å². The van der Waals surface area contributed by atoms with Crippen molar-refractivity contribution in [2.45, 2.75) is 90.9 Å². The van der Waals surface area contributed by atoms with Crippen LogP contribution in [0, 0.1) is 0 Å². The van der Waals surface area contributed by atoms with Gasteiger partial charge in [0.2, 0.25) is 0 Å². The largest absolute Gasteiger partial charge is 1.00 e. The Morgan fingerprint density at radius 3 is 1.53 bits per heavy atom. The van der Waals surface area contributed by atoms with Crippen LogP contribution in [0.25, 0.3) is 0 Å². The zero-order valence-electron chi connectivity index (χ0n) is 14.5.